The van der Waals surface area contributed by atoms with Crippen molar-refractivity contribution in [3.05, 3.63) is 63.7 Å². The first-order valence-electron chi connectivity index (χ1n) is 6.74. The van der Waals surface area contributed by atoms with E-state index in [1.54, 1.807) is 6.07 Å². The lowest BCUT2D eigenvalue weighted by atomic mass is 10.1. The van der Waals surface area contributed by atoms with Crippen LogP contribution in [0, 0.1) is 10.1 Å². The van der Waals surface area contributed by atoms with Gasteiger partial charge in [0.2, 0.25) is 0 Å². The first-order chi connectivity index (χ1) is 10.1. The summed E-state index contributed by atoms with van der Waals surface area (Å²) in [6, 6.07) is 12.5. The summed E-state index contributed by atoms with van der Waals surface area (Å²) in [5, 5.41) is 11.3. The molecule has 0 saturated carbocycles. The minimum Gasteiger partial charge on any atom is -0.457 e. The number of hydrogen-bond donors (Lipinski definition) is 0. The van der Waals surface area contributed by atoms with Crippen molar-refractivity contribution in [1.29, 1.82) is 0 Å². The number of nitro benzene ring substituents is 1. The molecule has 110 valence electrons. The van der Waals surface area contributed by atoms with Gasteiger partial charge in [0.05, 0.1) is 4.92 Å². The molecule has 5 heteroatoms. The molecule has 2 aromatic rings. The molecule has 2 aromatic carbocycles. The molecular formula is C16H16BrNO3. The highest BCUT2D eigenvalue weighted by Gasteiger charge is 2.11. The minimum atomic E-state index is -0.407. The van der Waals surface area contributed by atoms with E-state index in [4.69, 9.17) is 4.74 Å². The second-order valence-corrected chi connectivity index (χ2v) is 5.24. The predicted octanol–water partition coefficient (Wildman–Crippen LogP) is 5.23. The van der Waals surface area contributed by atoms with E-state index in [-0.39, 0.29) is 5.69 Å². The fourth-order valence-electron chi connectivity index (χ4n) is 2.02. The number of alkyl halides is 1. The SMILES string of the molecule is CCCc1ccc(Oc2ccc([N+](=O)[O-])cc2CBr)cc1. The Labute approximate surface area is 132 Å². The van der Waals surface area contributed by atoms with Crippen molar-refractivity contribution in [2.45, 2.75) is 25.1 Å². The lowest BCUT2D eigenvalue weighted by Crippen LogP contribution is -1.93. The molecule has 0 fully saturated rings. The molecule has 0 N–H and O–H groups in total. The third-order valence-electron chi connectivity index (χ3n) is 3.09. The molecular weight excluding hydrogens is 334 g/mol. The maximum absolute atomic E-state index is 10.8. The Bertz CT molecular complexity index is 626. The Balaban J connectivity index is 2.20. The maximum atomic E-state index is 10.8. The molecule has 0 aliphatic carbocycles. The van der Waals surface area contributed by atoms with E-state index in [1.165, 1.54) is 17.7 Å². The number of rotatable bonds is 6. The molecule has 4 nitrogen and oxygen atoms in total. The van der Waals surface area contributed by atoms with Crippen molar-refractivity contribution in [3.63, 3.8) is 0 Å². The number of benzene rings is 2. The zero-order chi connectivity index (χ0) is 15.2. The van der Waals surface area contributed by atoms with Crippen LogP contribution in [0.1, 0.15) is 24.5 Å². The summed E-state index contributed by atoms with van der Waals surface area (Å²) in [5.74, 6) is 1.35. The van der Waals surface area contributed by atoms with E-state index in [0.717, 1.165) is 24.2 Å². The fourth-order valence-corrected chi connectivity index (χ4v) is 2.46. The molecule has 0 saturated heterocycles. The normalized spacial score (nSPS) is 10.4. The molecule has 0 heterocycles. The van der Waals surface area contributed by atoms with Crippen molar-refractivity contribution in [2.24, 2.45) is 0 Å². The van der Waals surface area contributed by atoms with Gasteiger partial charge in [0, 0.05) is 23.0 Å². The Morgan fingerprint density at radius 1 is 1.19 bits per heavy atom. The highest BCUT2D eigenvalue weighted by atomic mass is 79.9. The van der Waals surface area contributed by atoms with Gasteiger partial charge in [-0.1, -0.05) is 41.4 Å². The molecule has 0 radical (unpaired) electrons. The van der Waals surface area contributed by atoms with Crippen molar-refractivity contribution in [1.82, 2.24) is 0 Å². The summed E-state index contributed by atoms with van der Waals surface area (Å²) < 4.78 is 5.82. The number of non-ortho nitro benzene ring substituents is 1. The second-order valence-electron chi connectivity index (χ2n) is 4.68. The lowest BCUT2D eigenvalue weighted by molar-refractivity contribution is -0.384. The van der Waals surface area contributed by atoms with Crippen molar-refractivity contribution < 1.29 is 9.66 Å². The van der Waals surface area contributed by atoms with Crippen molar-refractivity contribution in [2.75, 3.05) is 0 Å². The smallest absolute Gasteiger partial charge is 0.270 e. The zero-order valence-corrected chi connectivity index (χ0v) is 13.3. The topological polar surface area (TPSA) is 52.4 Å². The van der Waals surface area contributed by atoms with Gasteiger partial charge >= 0.3 is 0 Å². The number of nitrogens with zero attached hydrogens (tertiary/aromatic N) is 1. The summed E-state index contributed by atoms with van der Waals surface area (Å²) >= 11 is 3.33. The van der Waals surface area contributed by atoms with Crippen LogP contribution in [0.3, 0.4) is 0 Å². The van der Waals surface area contributed by atoms with Crippen LogP contribution in [0.15, 0.2) is 42.5 Å². The first kappa shape index (κ1) is 15.5. The molecule has 21 heavy (non-hydrogen) atoms. The van der Waals surface area contributed by atoms with Crippen molar-refractivity contribution >= 4 is 21.6 Å². The van der Waals surface area contributed by atoms with Crippen LogP contribution in [-0.2, 0) is 11.8 Å². The van der Waals surface area contributed by atoms with Crippen LogP contribution < -0.4 is 4.74 Å². The van der Waals surface area contributed by atoms with Gasteiger partial charge in [-0.2, -0.15) is 0 Å². The van der Waals surface area contributed by atoms with Crippen LogP contribution in [0.2, 0.25) is 0 Å². The number of ether oxygens (including phenoxy) is 1. The largest absolute Gasteiger partial charge is 0.457 e. The Hall–Kier alpha value is -1.88. The van der Waals surface area contributed by atoms with Crippen LogP contribution in [0.25, 0.3) is 0 Å². The van der Waals surface area contributed by atoms with E-state index in [1.807, 2.05) is 24.3 Å². The van der Waals surface area contributed by atoms with E-state index < -0.39 is 4.92 Å². The average molecular weight is 350 g/mol. The molecule has 0 spiro atoms. The summed E-state index contributed by atoms with van der Waals surface area (Å²) in [6.07, 6.45) is 2.15. The second kappa shape index (κ2) is 7.22. The highest BCUT2D eigenvalue weighted by Crippen LogP contribution is 2.30. The third-order valence-corrected chi connectivity index (χ3v) is 3.69. The minimum absolute atomic E-state index is 0.0649. The van der Waals surface area contributed by atoms with E-state index in [9.17, 15) is 10.1 Å². The molecule has 0 aliphatic heterocycles. The van der Waals surface area contributed by atoms with Crippen LogP contribution in [-0.4, -0.2) is 4.92 Å². The molecule has 0 aliphatic rings. The molecule has 0 atom stereocenters. The number of hydrogen-bond acceptors (Lipinski definition) is 3. The maximum Gasteiger partial charge on any atom is 0.270 e. The van der Waals surface area contributed by atoms with Gasteiger partial charge in [-0.25, -0.2) is 0 Å². The molecule has 2 rings (SSSR count). The number of halogens is 1. The number of nitro groups is 1. The van der Waals surface area contributed by atoms with Crippen LogP contribution in [0.4, 0.5) is 5.69 Å². The molecule has 0 bridgehead atoms. The number of aryl methyl sites for hydroxylation is 1. The Kier molecular flexibility index (Phi) is 5.33. The average Bonchev–Trinajstić information content (AvgIpc) is 2.49. The summed E-state index contributed by atoms with van der Waals surface area (Å²) in [4.78, 5) is 10.4. The van der Waals surface area contributed by atoms with Gasteiger partial charge in [-0.05, 0) is 30.2 Å². The predicted molar refractivity (Wildman–Crippen MR) is 86.2 cm³/mol. The van der Waals surface area contributed by atoms with Crippen LogP contribution in [0.5, 0.6) is 11.5 Å². The zero-order valence-electron chi connectivity index (χ0n) is 11.7. The summed E-state index contributed by atoms with van der Waals surface area (Å²) in [7, 11) is 0. The lowest BCUT2D eigenvalue weighted by Gasteiger charge is -2.10. The van der Waals surface area contributed by atoms with E-state index in [0.29, 0.717) is 11.1 Å². The van der Waals surface area contributed by atoms with Gasteiger partial charge < -0.3 is 4.74 Å². The standard InChI is InChI=1S/C16H16BrNO3/c1-2-3-12-4-7-15(8-5-12)21-16-9-6-14(18(19)20)10-13(16)11-17/h4-10H,2-3,11H2,1H3. The van der Waals surface area contributed by atoms with E-state index in [2.05, 4.69) is 22.9 Å². The Morgan fingerprint density at radius 2 is 1.90 bits per heavy atom. The van der Waals surface area contributed by atoms with Crippen molar-refractivity contribution in [3.8, 4) is 11.5 Å². The van der Waals surface area contributed by atoms with Gasteiger partial charge in [0.1, 0.15) is 11.5 Å². The Morgan fingerprint density at radius 3 is 2.48 bits per heavy atom. The summed E-state index contributed by atoms with van der Waals surface area (Å²) in [6.45, 7) is 2.14. The summed E-state index contributed by atoms with van der Waals surface area (Å²) in [5.41, 5.74) is 2.09. The third kappa shape index (κ3) is 4.04. The van der Waals surface area contributed by atoms with Gasteiger partial charge in [0.15, 0.2) is 0 Å². The molecule has 0 unspecified atom stereocenters. The highest BCUT2D eigenvalue weighted by molar-refractivity contribution is 9.08. The monoisotopic (exact) mass is 349 g/mol. The quantitative estimate of drug-likeness (QED) is 0.407. The van der Waals surface area contributed by atoms with Gasteiger partial charge in [0.25, 0.3) is 5.69 Å². The first-order valence-corrected chi connectivity index (χ1v) is 7.86. The molecule has 0 amide bonds. The fraction of sp³-hybridized carbons (Fsp3) is 0.250. The van der Waals surface area contributed by atoms with Crippen LogP contribution >= 0.6 is 15.9 Å². The van der Waals surface area contributed by atoms with Gasteiger partial charge in [-0.3, -0.25) is 10.1 Å². The molecule has 0 aromatic heterocycles. The van der Waals surface area contributed by atoms with E-state index >= 15 is 0 Å². The van der Waals surface area contributed by atoms with Gasteiger partial charge in [-0.15, -0.1) is 0 Å².